The molecule has 2 fully saturated rings. The molecule has 0 aromatic carbocycles. The van der Waals surface area contributed by atoms with Crippen LogP contribution >= 0.6 is 0 Å². The Morgan fingerprint density at radius 3 is 2.62 bits per heavy atom. The molecule has 5 rings (SSSR count). The number of methoxy groups -OCH3 is 1. The Morgan fingerprint density at radius 1 is 1.09 bits per heavy atom. The summed E-state index contributed by atoms with van der Waals surface area (Å²) in [5.41, 5.74) is 1.11. The molecule has 5 heterocycles. The third-order valence-electron chi connectivity index (χ3n) is 6.55. The fraction of sp³-hybridized carbons (Fsp3) is 0.500. The zero-order chi connectivity index (χ0) is 23.8. The number of fused-ring (bicyclic) bond motifs is 1. The van der Waals surface area contributed by atoms with E-state index in [0.29, 0.717) is 50.2 Å². The fourth-order valence-corrected chi connectivity index (χ4v) is 4.59. The van der Waals surface area contributed by atoms with Crippen LogP contribution in [-0.4, -0.2) is 76.7 Å². The Bertz CT molecular complexity index is 1170. The number of piperidine rings is 1. The van der Waals surface area contributed by atoms with Gasteiger partial charge in [0.2, 0.25) is 5.95 Å². The molecule has 0 radical (unpaired) electrons. The molecule has 2 N–H and O–H groups in total. The van der Waals surface area contributed by atoms with E-state index in [9.17, 15) is 9.50 Å². The van der Waals surface area contributed by atoms with Crippen molar-refractivity contribution < 1.29 is 14.2 Å². The average Bonchev–Trinajstić information content (AvgIpc) is 2.81. The summed E-state index contributed by atoms with van der Waals surface area (Å²) in [6, 6.07) is 3.79. The standard InChI is InChI=1S/C24H30FN7O2/c1-14(2)17-9-28-23(32-11-15(25)12-32)18-10-27-22(8-16(17)18)29-21-4-6-26-24(30-21)31-7-5-20(34-3)19(33)13-31/h4,6,8-10,14-15,19-20,33H,5,7,11-13H2,1-3H3,(H,26,27,29,30)/t19-,20+/m1/s1. The lowest BCUT2D eigenvalue weighted by atomic mass is 9.98. The van der Waals surface area contributed by atoms with Crippen molar-refractivity contribution in [3.8, 4) is 0 Å². The maximum Gasteiger partial charge on any atom is 0.227 e. The molecule has 0 bridgehead atoms. The van der Waals surface area contributed by atoms with E-state index in [1.807, 2.05) is 22.1 Å². The first-order chi connectivity index (χ1) is 16.4. The first-order valence-corrected chi connectivity index (χ1v) is 11.7. The predicted molar refractivity (Wildman–Crippen MR) is 130 cm³/mol. The number of ether oxygens (including phenoxy) is 1. The zero-order valence-electron chi connectivity index (χ0n) is 19.6. The first-order valence-electron chi connectivity index (χ1n) is 11.7. The number of nitrogens with zero attached hydrogens (tertiary/aromatic N) is 6. The number of aromatic nitrogens is 4. The van der Waals surface area contributed by atoms with Crippen LogP contribution in [0.4, 0.5) is 27.8 Å². The second-order valence-electron chi connectivity index (χ2n) is 9.25. The summed E-state index contributed by atoms with van der Waals surface area (Å²) in [5.74, 6) is 2.86. The highest BCUT2D eigenvalue weighted by Crippen LogP contribution is 2.34. The molecular formula is C24H30FN7O2. The molecule has 0 unspecified atom stereocenters. The van der Waals surface area contributed by atoms with Crippen molar-refractivity contribution in [2.45, 2.75) is 44.6 Å². The zero-order valence-corrected chi connectivity index (χ0v) is 19.6. The second kappa shape index (κ2) is 9.27. The smallest absolute Gasteiger partial charge is 0.227 e. The van der Waals surface area contributed by atoms with Gasteiger partial charge in [0, 0.05) is 44.2 Å². The van der Waals surface area contributed by atoms with Crippen molar-refractivity contribution in [3.63, 3.8) is 0 Å². The molecule has 0 aliphatic carbocycles. The molecule has 3 aromatic rings. The summed E-state index contributed by atoms with van der Waals surface area (Å²) in [4.78, 5) is 22.2. The average molecular weight is 468 g/mol. The summed E-state index contributed by atoms with van der Waals surface area (Å²) in [7, 11) is 1.62. The number of nitrogens with one attached hydrogen (secondary N) is 1. The van der Waals surface area contributed by atoms with Crippen LogP contribution in [0.15, 0.2) is 30.7 Å². The molecule has 34 heavy (non-hydrogen) atoms. The van der Waals surface area contributed by atoms with Gasteiger partial charge in [-0.15, -0.1) is 0 Å². The van der Waals surface area contributed by atoms with E-state index in [4.69, 9.17) is 4.74 Å². The Labute approximate surface area is 198 Å². The fourth-order valence-electron chi connectivity index (χ4n) is 4.59. The summed E-state index contributed by atoms with van der Waals surface area (Å²) >= 11 is 0. The number of rotatable bonds is 6. The van der Waals surface area contributed by atoms with Crippen molar-refractivity contribution in [1.82, 2.24) is 19.9 Å². The molecule has 0 spiro atoms. The van der Waals surface area contributed by atoms with E-state index in [1.165, 1.54) is 0 Å². The molecule has 180 valence electrons. The molecular weight excluding hydrogens is 437 g/mol. The van der Waals surface area contributed by atoms with Crippen LogP contribution in [0.1, 0.15) is 31.7 Å². The minimum Gasteiger partial charge on any atom is -0.389 e. The lowest BCUT2D eigenvalue weighted by Gasteiger charge is -2.36. The second-order valence-corrected chi connectivity index (χ2v) is 9.25. The molecule has 2 aliphatic rings. The van der Waals surface area contributed by atoms with Crippen molar-refractivity contribution in [1.29, 1.82) is 0 Å². The summed E-state index contributed by atoms with van der Waals surface area (Å²) in [6.07, 6.45) is 4.53. The Balaban J connectivity index is 1.41. The molecule has 2 aliphatic heterocycles. The number of alkyl halides is 1. The van der Waals surface area contributed by atoms with Gasteiger partial charge in [-0.3, -0.25) is 0 Å². The van der Waals surface area contributed by atoms with Gasteiger partial charge in [0.1, 0.15) is 23.6 Å². The Hall–Kier alpha value is -3.11. The lowest BCUT2D eigenvalue weighted by Crippen LogP contribution is -2.48. The van der Waals surface area contributed by atoms with Gasteiger partial charge in [-0.2, -0.15) is 4.98 Å². The van der Waals surface area contributed by atoms with Gasteiger partial charge in [0.05, 0.1) is 25.3 Å². The van der Waals surface area contributed by atoms with E-state index >= 15 is 0 Å². The molecule has 2 saturated heterocycles. The van der Waals surface area contributed by atoms with E-state index in [2.05, 4.69) is 39.1 Å². The number of β-amino-alcohol motifs (C(OH)–C–C–N with tert-alkyl or cyclic N) is 1. The number of halogens is 1. The first kappa shape index (κ1) is 22.7. The van der Waals surface area contributed by atoms with Crippen molar-refractivity contribution in [2.24, 2.45) is 0 Å². The van der Waals surface area contributed by atoms with Crippen LogP contribution in [-0.2, 0) is 4.74 Å². The molecule has 10 heteroatoms. The maximum absolute atomic E-state index is 13.5. The molecule has 2 atom stereocenters. The molecule has 9 nitrogen and oxygen atoms in total. The van der Waals surface area contributed by atoms with Gasteiger partial charge in [0.15, 0.2) is 0 Å². The minimum absolute atomic E-state index is 0.166. The number of aliphatic hydroxyl groups is 1. The van der Waals surface area contributed by atoms with Gasteiger partial charge in [0.25, 0.3) is 0 Å². The number of hydrogen-bond acceptors (Lipinski definition) is 9. The van der Waals surface area contributed by atoms with E-state index in [-0.39, 0.29) is 12.0 Å². The lowest BCUT2D eigenvalue weighted by molar-refractivity contribution is -0.0219. The highest BCUT2D eigenvalue weighted by molar-refractivity contribution is 5.96. The van der Waals surface area contributed by atoms with Crippen LogP contribution in [0, 0.1) is 0 Å². The number of hydrogen-bond donors (Lipinski definition) is 2. The normalized spacial score (nSPS) is 21.2. The highest BCUT2D eigenvalue weighted by atomic mass is 19.1. The minimum atomic E-state index is -0.802. The van der Waals surface area contributed by atoms with Crippen LogP contribution in [0.3, 0.4) is 0 Å². The van der Waals surface area contributed by atoms with Gasteiger partial charge < -0.3 is 25.0 Å². The summed E-state index contributed by atoms with van der Waals surface area (Å²) in [6.45, 7) is 6.11. The number of aliphatic hydroxyl groups excluding tert-OH is 1. The Kier molecular flexibility index (Phi) is 6.18. The summed E-state index contributed by atoms with van der Waals surface area (Å²) < 4.78 is 18.8. The molecule has 3 aromatic heterocycles. The SMILES string of the molecule is CO[C@H]1CCN(c2nccc(Nc3cc4c(C(C)C)cnc(N5CC(F)C5)c4cn3)n2)C[C@H]1O. The molecule has 0 saturated carbocycles. The monoisotopic (exact) mass is 467 g/mol. The van der Waals surface area contributed by atoms with Gasteiger partial charge in [-0.05, 0) is 35.4 Å². The van der Waals surface area contributed by atoms with Crippen LogP contribution in [0.25, 0.3) is 10.8 Å². The van der Waals surface area contributed by atoms with Gasteiger partial charge in [-0.25, -0.2) is 19.3 Å². The molecule has 0 amide bonds. The largest absolute Gasteiger partial charge is 0.389 e. The third kappa shape index (κ3) is 4.35. The Morgan fingerprint density at radius 2 is 1.91 bits per heavy atom. The van der Waals surface area contributed by atoms with E-state index in [1.54, 1.807) is 25.6 Å². The maximum atomic E-state index is 13.5. The predicted octanol–water partition coefficient (Wildman–Crippen LogP) is 3.03. The number of anilines is 4. The van der Waals surface area contributed by atoms with E-state index < -0.39 is 12.3 Å². The third-order valence-corrected chi connectivity index (χ3v) is 6.55. The van der Waals surface area contributed by atoms with Gasteiger partial charge in [-0.1, -0.05) is 13.8 Å². The van der Waals surface area contributed by atoms with Crippen LogP contribution in [0.2, 0.25) is 0 Å². The summed E-state index contributed by atoms with van der Waals surface area (Å²) in [5, 5.41) is 15.5. The van der Waals surface area contributed by atoms with Crippen LogP contribution in [0.5, 0.6) is 0 Å². The van der Waals surface area contributed by atoms with Gasteiger partial charge >= 0.3 is 0 Å². The topological polar surface area (TPSA) is 99.5 Å². The van der Waals surface area contributed by atoms with E-state index in [0.717, 1.165) is 22.2 Å². The highest BCUT2D eigenvalue weighted by Gasteiger charge is 2.30. The quantitative estimate of drug-likeness (QED) is 0.567. The van der Waals surface area contributed by atoms with Crippen molar-refractivity contribution in [2.75, 3.05) is 48.4 Å². The number of pyridine rings is 2. The van der Waals surface area contributed by atoms with Crippen molar-refractivity contribution in [3.05, 3.63) is 36.3 Å². The van der Waals surface area contributed by atoms with Crippen molar-refractivity contribution >= 4 is 34.2 Å². The van der Waals surface area contributed by atoms with Crippen LogP contribution < -0.4 is 15.1 Å².